The highest BCUT2D eigenvalue weighted by molar-refractivity contribution is 5.39. The van der Waals surface area contributed by atoms with E-state index in [2.05, 4.69) is 9.55 Å². The van der Waals surface area contributed by atoms with Gasteiger partial charge in [-0.05, 0) is 17.7 Å². The van der Waals surface area contributed by atoms with E-state index in [1.165, 1.54) is 5.56 Å². The molecule has 0 amide bonds. The maximum atomic E-state index is 5.64. The molecule has 4 N–H and O–H groups in total. The van der Waals surface area contributed by atoms with Crippen molar-refractivity contribution in [1.82, 2.24) is 9.55 Å². The summed E-state index contributed by atoms with van der Waals surface area (Å²) in [5.41, 5.74) is 13.2. The van der Waals surface area contributed by atoms with E-state index in [1.54, 1.807) is 0 Å². The van der Waals surface area contributed by atoms with Crippen LogP contribution in [0, 0.1) is 0 Å². The molecule has 4 nitrogen and oxygen atoms in total. The van der Waals surface area contributed by atoms with Crippen molar-refractivity contribution in [3.8, 4) is 0 Å². The van der Waals surface area contributed by atoms with E-state index >= 15 is 0 Å². The van der Waals surface area contributed by atoms with Crippen molar-refractivity contribution in [2.45, 2.75) is 13.0 Å². The van der Waals surface area contributed by atoms with Crippen LogP contribution >= 0.6 is 0 Å². The molecule has 0 atom stereocenters. The number of nitrogens with zero attached hydrogens (tertiary/aromatic N) is 2. The molecule has 0 saturated heterocycles. The molecule has 1 aromatic carbocycles. The summed E-state index contributed by atoms with van der Waals surface area (Å²) in [6, 6.07) is 7.87. The molecule has 1 heterocycles. The Kier molecular flexibility index (Phi) is 3.22. The third-order valence-electron chi connectivity index (χ3n) is 2.51. The van der Waals surface area contributed by atoms with Crippen LogP contribution in [0.25, 0.3) is 0 Å². The first kappa shape index (κ1) is 10.7. The van der Waals surface area contributed by atoms with Gasteiger partial charge in [0.2, 0.25) is 0 Å². The summed E-state index contributed by atoms with van der Waals surface area (Å²) in [6.07, 6.45) is 4.58. The molecule has 0 bridgehead atoms. The molecule has 2 rings (SSSR count). The van der Waals surface area contributed by atoms with Gasteiger partial charge in [-0.1, -0.05) is 12.1 Å². The average molecular weight is 216 g/mol. The number of anilines is 1. The van der Waals surface area contributed by atoms with Gasteiger partial charge in [-0.2, -0.15) is 0 Å². The van der Waals surface area contributed by atoms with Gasteiger partial charge in [0.05, 0.1) is 0 Å². The minimum atomic E-state index is 0.630. The summed E-state index contributed by atoms with van der Waals surface area (Å²) in [5, 5.41) is 0. The van der Waals surface area contributed by atoms with Gasteiger partial charge in [0, 0.05) is 37.6 Å². The molecule has 1 aromatic heterocycles. The maximum absolute atomic E-state index is 5.64. The number of benzene rings is 1. The van der Waals surface area contributed by atoms with Gasteiger partial charge < -0.3 is 16.0 Å². The molecule has 0 spiro atoms. The highest BCUT2D eigenvalue weighted by Crippen LogP contribution is 2.10. The zero-order valence-corrected chi connectivity index (χ0v) is 9.13. The average Bonchev–Trinajstić information content (AvgIpc) is 2.70. The molecule has 2 aromatic rings. The molecular formula is C12H16N4. The largest absolute Gasteiger partial charge is 0.399 e. The lowest BCUT2D eigenvalue weighted by Crippen LogP contribution is -2.12. The Labute approximate surface area is 94.9 Å². The van der Waals surface area contributed by atoms with E-state index in [9.17, 15) is 0 Å². The highest BCUT2D eigenvalue weighted by atomic mass is 15.1. The van der Waals surface area contributed by atoms with E-state index in [0.717, 1.165) is 24.5 Å². The number of rotatable bonds is 4. The first-order valence-electron chi connectivity index (χ1n) is 5.34. The number of aromatic nitrogens is 2. The minimum absolute atomic E-state index is 0.630. The van der Waals surface area contributed by atoms with Crippen LogP contribution in [0.15, 0.2) is 36.7 Å². The van der Waals surface area contributed by atoms with Crippen molar-refractivity contribution in [3.63, 3.8) is 0 Å². The Bertz CT molecular complexity index is 444. The van der Waals surface area contributed by atoms with Crippen molar-refractivity contribution in [3.05, 3.63) is 48.0 Å². The molecular weight excluding hydrogens is 200 g/mol. The molecule has 16 heavy (non-hydrogen) atoms. The fraction of sp³-hybridized carbons (Fsp3) is 0.250. The number of nitrogen functional groups attached to an aromatic ring is 1. The maximum Gasteiger partial charge on any atom is 0.113 e. The van der Waals surface area contributed by atoms with Gasteiger partial charge in [-0.3, -0.25) is 0 Å². The van der Waals surface area contributed by atoms with Gasteiger partial charge in [-0.15, -0.1) is 0 Å². The normalized spacial score (nSPS) is 10.6. The number of hydrogen-bond donors (Lipinski definition) is 2. The predicted octanol–water partition coefficient (Wildman–Crippen LogP) is 1.01. The molecule has 0 fully saturated rings. The van der Waals surface area contributed by atoms with Crippen molar-refractivity contribution in [2.24, 2.45) is 5.73 Å². The summed E-state index contributed by atoms with van der Waals surface area (Å²) in [5.74, 6) is 1.04. The third-order valence-corrected chi connectivity index (χ3v) is 2.51. The second-order valence-corrected chi connectivity index (χ2v) is 3.74. The molecule has 0 aliphatic heterocycles. The van der Waals surface area contributed by atoms with Crippen LogP contribution in [-0.4, -0.2) is 16.1 Å². The number of hydrogen-bond acceptors (Lipinski definition) is 3. The molecule has 0 aliphatic carbocycles. The quantitative estimate of drug-likeness (QED) is 0.749. The minimum Gasteiger partial charge on any atom is -0.399 e. The first-order chi connectivity index (χ1) is 7.79. The van der Waals surface area contributed by atoms with Gasteiger partial charge >= 0.3 is 0 Å². The zero-order valence-electron chi connectivity index (χ0n) is 9.13. The highest BCUT2D eigenvalue weighted by Gasteiger charge is 2.03. The van der Waals surface area contributed by atoms with Crippen molar-refractivity contribution >= 4 is 5.69 Å². The second-order valence-electron chi connectivity index (χ2n) is 3.74. The van der Waals surface area contributed by atoms with Crippen LogP contribution in [-0.2, 0) is 13.0 Å². The summed E-state index contributed by atoms with van der Waals surface area (Å²) >= 11 is 0. The summed E-state index contributed by atoms with van der Waals surface area (Å²) in [6.45, 7) is 1.44. The monoisotopic (exact) mass is 216 g/mol. The Morgan fingerprint density at radius 1 is 1.19 bits per heavy atom. The fourth-order valence-corrected chi connectivity index (χ4v) is 1.67. The molecule has 0 radical (unpaired) electrons. The van der Waals surface area contributed by atoms with E-state index in [-0.39, 0.29) is 0 Å². The molecule has 84 valence electrons. The van der Waals surface area contributed by atoms with Gasteiger partial charge in [-0.25, -0.2) is 4.98 Å². The van der Waals surface area contributed by atoms with Crippen LogP contribution in [0.5, 0.6) is 0 Å². The Hall–Kier alpha value is -1.81. The van der Waals surface area contributed by atoms with E-state index in [1.807, 2.05) is 36.7 Å². The smallest absolute Gasteiger partial charge is 0.113 e. The van der Waals surface area contributed by atoms with Gasteiger partial charge in [0.15, 0.2) is 0 Å². The second kappa shape index (κ2) is 4.81. The summed E-state index contributed by atoms with van der Waals surface area (Å²) in [4.78, 5) is 4.33. The predicted molar refractivity (Wildman–Crippen MR) is 64.9 cm³/mol. The zero-order chi connectivity index (χ0) is 11.4. The standard InChI is InChI=1S/C12H16N4/c13-5-7-16-8-6-15-12(16)9-10-1-3-11(14)4-2-10/h1-4,6,8H,5,7,9,13-14H2. The molecule has 0 unspecified atom stereocenters. The fourth-order valence-electron chi connectivity index (χ4n) is 1.67. The summed E-state index contributed by atoms with van der Waals surface area (Å²) in [7, 11) is 0. The molecule has 4 heteroatoms. The lowest BCUT2D eigenvalue weighted by Gasteiger charge is -2.06. The Morgan fingerprint density at radius 2 is 1.94 bits per heavy atom. The van der Waals surface area contributed by atoms with Crippen LogP contribution in [0.3, 0.4) is 0 Å². The van der Waals surface area contributed by atoms with E-state index in [4.69, 9.17) is 11.5 Å². The topological polar surface area (TPSA) is 69.9 Å². The van der Waals surface area contributed by atoms with Crippen LogP contribution in [0.1, 0.15) is 11.4 Å². The van der Waals surface area contributed by atoms with Crippen LogP contribution in [0.2, 0.25) is 0 Å². The number of imidazole rings is 1. The lowest BCUT2D eigenvalue weighted by atomic mass is 10.1. The lowest BCUT2D eigenvalue weighted by molar-refractivity contribution is 0.671. The number of nitrogens with two attached hydrogens (primary N) is 2. The van der Waals surface area contributed by atoms with Gasteiger partial charge in [0.1, 0.15) is 5.82 Å². The van der Waals surface area contributed by atoms with Crippen LogP contribution < -0.4 is 11.5 Å². The van der Waals surface area contributed by atoms with Gasteiger partial charge in [0.25, 0.3) is 0 Å². The van der Waals surface area contributed by atoms with E-state index in [0.29, 0.717) is 6.54 Å². The summed E-state index contributed by atoms with van der Waals surface area (Å²) < 4.78 is 2.08. The Morgan fingerprint density at radius 3 is 2.62 bits per heavy atom. The van der Waals surface area contributed by atoms with Crippen molar-refractivity contribution < 1.29 is 0 Å². The van der Waals surface area contributed by atoms with Crippen molar-refractivity contribution in [1.29, 1.82) is 0 Å². The van der Waals surface area contributed by atoms with E-state index < -0.39 is 0 Å². The van der Waals surface area contributed by atoms with Crippen molar-refractivity contribution in [2.75, 3.05) is 12.3 Å². The third kappa shape index (κ3) is 2.41. The Balaban J connectivity index is 2.13. The first-order valence-corrected chi connectivity index (χ1v) is 5.34. The molecule has 0 aliphatic rings. The van der Waals surface area contributed by atoms with Crippen LogP contribution in [0.4, 0.5) is 5.69 Å². The SMILES string of the molecule is NCCn1ccnc1Cc1ccc(N)cc1. The molecule has 0 saturated carbocycles.